The summed E-state index contributed by atoms with van der Waals surface area (Å²) >= 11 is 0. The Kier molecular flexibility index (Phi) is 4.25. The molecule has 3 heterocycles. The van der Waals surface area contributed by atoms with Gasteiger partial charge in [-0.05, 0) is 24.6 Å². The Morgan fingerprint density at radius 1 is 1.28 bits per heavy atom. The van der Waals surface area contributed by atoms with E-state index < -0.39 is 23.8 Å². The number of rotatable bonds is 2. The lowest BCUT2D eigenvalue weighted by Crippen LogP contribution is -2.57. The Morgan fingerprint density at radius 2 is 2.08 bits per heavy atom. The molecule has 0 bridgehead atoms. The first kappa shape index (κ1) is 16.9. The second-order valence-electron chi connectivity index (χ2n) is 7.43. The van der Waals surface area contributed by atoms with Crippen molar-refractivity contribution in [3.63, 3.8) is 0 Å². The maximum atomic E-state index is 14.0. The van der Waals surface area contributed by atoms with Crippen molar-refractivity contribution in [1.82, 2.24) is 9.80 Å². The van der Waals surface area contributed by atoms with Crippen LogP contribution in [0.2, 0.25) is 0 Å². The molecule has 3 fully saturated rings. The molecule has 1 amide bonds. The molecule has 0 spiro atoms. The van der Waals surface area contributed by atoms with Gasteiger partial charge in [-0.2, -0.15) is 0 Å². The lowest BCUT2D eigenvalue weighted by Gasteiger charge is -2.43. The molecule has 136 valence electrons. The van der Waals surface area contributed by atoms with Gasteiger partial charge in [-0.3, -0.25) is 9.69 Å². The third-order valence-corrected chi connectivity index (χ3v) is 5.85. The molecule has 0 aromatic heterocycles. The zero-order valence-corrected chi connectivity index (χ0v) is 14.2. The second-order valence-corrected chi connectivity index (χ2v) is 7.43. The summed E-state index contributed by atoms with van der Waals surface area (Å²) in [6, 6.07) is 3.44. The van der Waals surface area contributed by atoms with Crippen LogP contribution in [-0.2, 0) is 9.53 Å². The number of hydrogen-bond donors (Lipinski definition) is 1. The van der Waals surface area contributed by atoms with Crippen LogP contribution in [-0.4, -0.2) is 60.1 Å². The molecule has 0 aliphatic carbocycles. The normalized spacial score (nSPS) is 35.4. The van der Waals surface area contributed by atoms with Crippen LogP contribution in [0.4, 0.5) is 8.78 Å². The quantitative estimate of drug-likeness (QED) is 0.872. The van der Waals surface area contributed by atoms with Gasteiger partial charge in [0.15, 0.2) is 0 Å². The first-order valence-corrected chi connectivity index (χ1v) is 8.77. The number of nitrogens with two attached hydrogens (primary N) is 1. The van der Waals surface area contributed by atoms with Gasteiger partial charge in [0.05, 0.1) is 12.6 Å². The van der Waals surface area contributed by atoms with Crippen molar-refractivity contribution in [2.75, 3.05) is 26.2 Å². The minimum Gasteiger partial charge on any atom is -0.370 e. The van der Waals surface area contributed by atoms with Crippen molar-refractivity contribution >= 4 is 5.91 Å². The van der Waals surface area contributed by atoms with Crippen molar-refractivity contribution in [2.24, 2.45) is 11.7 Å². The molecule has 3 saturated heterocycles. The van der Waals surface area contributed by atoms with Crippen LogP contribution in [0.1, 0.15) is 25.0 Å². The van der Waals surface area contributed by atoms with Gasteiger partial charge in [0, 0.05) is 50.1 Å². The molecule has 7 heteroatoms. The summed E-state index contributed by atoms with van der Waals surface area (Å²) in [5.74, 6) is -0.328. The number of nitrogens with zero attached hydrogens (tertiary/aromatic N) is 2. The maximum absolute atomic E-state index is 14.0. The van der Waals surface area contributed by atoms with E-state index in [-0.39, 0.29) is 17.5 Å². The molecule has 0 radical (unpaired) electrons. The van der Waals surface area contributed by atoms with E-state index in [1.54, 1.807) is 6.92 Å². The van der Waals surface area contributed by atoms with Crippen LogP contribution in [0.5, 0.6) is 0 Å². The van der Waals surface area contributed by atoms with Gasteiger partial charge in [0.25, 0.3) is 0 Å². The Bertz CT molecular complexity index is 686. The van der Waals surface area contributed by atoms with E-state index in [1.807, 2.05) is 4.90 Å². The lowest BCUT2D eigenvalue weighted by atomic mass is 9.92. The third-order valence-electron chi connectivity index (χ3n) is 5.85. The standard InChI is InChI=1S/C18H23F2N3O2/c1-10(24)23-7-11-6-22(8-17(11)23)13-5-16(21)18(25-9-13)14-4-12(19)2-3-15(14)20/h2-4,11,13,16-18H,5-9,21H2,1H3/t11?,13-,16+,17?,18-/m1/s1. The number of amides is 1. The zero-order valence-electron chi connectivity index (χ0n) is 14.2. The number of halogens is 2. The second kappa shape index (κ2) is 6.30. The Labute approximate surface area is 145 Å². The monoisotopic (exact) mass is 351 g/mol. The fourth-order valence-electron chi connectivity index (χ4n) is 4.48. The minimum atomic E-state index is -0.625. The van der Waals surface area contributed by atoms with Gasteiger partial charge in [0.1, 0.15) is 17.7 Å². The minimum absolute atomic E-state index is 0.126. The predicted molar refractivity (Wildman–Crippen MR) is 87.7 cm³/mol. The Morgan fingerprint density at radius 3 is 2.80 bits per heavy atom. The van der Waals surface area contributed by atoms with Gasteiger partial charge in [-0.25, -0.2) is 8.78 Å². The zero-order chi connectivity index (χ0) is 17.7. The first-order valence-electron chi connectivity index (χ1n) is 8.77. The molecule has 2 N–H and O–H groups in total. The molecule has 3 aliphatic heterocycles. The topological polar surface area (TPSA) is 58.8 Å². The highest BCUT2D eigenvalue weighted by Crippen LogP contribution is 2.37. The average molecular weight is 351 g/mol. The summed E-state index contributed by atoms with van der Waals surface area (Å²) < 4.78 is 33.3. The van der Waals surface area contributed by atoms with Gasteiger partial charge in [0.2, 0.25) is 5.91 Å². The number of hydrogen-bond acceptors (Lipinski definition) is 4. The molecule has 0 saturated carbocycles. The number of carbonyl (C=O) groups is 1. The smallest absolute Gasteiger partial charge is 0.219 e. The van der Waals surface area contributed by atoms with Crippen LogP contribution in [0.25, 0.3) is 0 Å². The first-order chi connectivity index (χ1) is 11.9. The fraction of sp³-hybridized carbons (Fsp3) is 0.611. The van der Waals surface area contributed by atoms with Crippen molar-refractivity contribution in [3.8, 4) is 0 Å². The highest BCUT2D eigenvalue weighted by molar-refractivity contribution is 5.74. The number of benzene rings is 1. The number of likely N-dealkylation sites (tertiary alicyclic amines) is 2. The molecule has 3 aliphatic rings. The molecule has 1 aromatic rings. The van der Waals surface area contributed by atoms with Crippen LogP contribution in [0, 0.1) is 17.6 Å². The molecule has 5 atom stereocenters. The maximum Gasteiger partial charge on any atom is 0.219 e. The summed E-state index contributed by atoms with van der Waals surface area (Å²) in [4.78, 5) is 15.8. The molecular weight excluding hydrogens is 328 g/mol. The van der Waals surface area contributed by atoms with Crippen LogP contribution in [0.3, 0.4) is 0 Å². The van der Waals surface area contributed by atoms with E-state index in [9.17, 15) is 13.6 Å². The molecule has 1 aromatic carbocycles. The number of fused-ring (bicyclic) bond motifs is 1. The Balaban J connectivity index is 1.41. The van der Waals surface area contributed by atoms with Gasteiger partial charge >= 0.3 is 0 Å². The van der Waals surface area contributed by atoms with E-state index in [2.05, 4.69) is 4.90 Å². The van der Waals surface area contributed by atoms with E-state index in [4.69, 9.17) is 10.5 Å². The summed E-state index contributed by atoms with van der Waals surface area (Å²) in [5.41, 5.74) is 6.43. The van der Waals surface area contributed by atoms with E-state index in [0.717, 1.165) is 31.8 Å². The summed E-state index contributed by atoms with van der Waals surface area (Å²) in [5, 5.41) is 0. The highest BCUT2D eigenvalue weighted by Gasteiger charge is 2.49. The van der Waals surface area contributed by atoms with Crippen LogP contribution >= 0.6 is 0 Å². The molecule has 5 nitrogen and oxygen atoms in total. The average Bonchev–Trinajstić information content (AvgIpc) is 2.87. The molecule has 4 rings (SSSR count). The summed E-state index contributed by atoms with van der Waals surface area (Å²) in [6.07, 6.45) is 0.0418. The van der Waals surface area contributed by atoms with Crippen LogP contribution < -0.4 is 5.73 Å². The summed E-state index contributed by atoms with van der Waals surface area (Å²) in [6.45, 7) is 4.65. The molecular formula is C18H23F2N3O2. The number of carbonyl (C=O) groups excluding carboxylic acids is 1. The van der Waals surface area contributed by atoms with Gasteiger partial charge in [-0.1, -0.05) is 0 Å². The Hall–Kier alpha value is -1.57. The van der Waals surface area contributed by atoms with Crippen molar-refractivity contribution in [3.05, 3.63) is 35.4 Å². The highest BCUT2D eigenvalue weighted by atomic mass is 19.1. The predicted octanol–water partition coefficient (Wildman–Crippen LogP) is 1.28. The van der Waals surface area contributed by atoms with Crippen molar-refractivity contribution in [1.29, 1.82) is 0 Å². The SMILES string of the molecule is CC(=O)N1CC2CN([C@H]3CO[C@H](c4cc(F)ccc4F)[C@@H](N)C3)CC21. The molecule has 25 heavy (non-hydrogen) atoms. The number of ether oxygens (including phenoxy) is 1. The van der Waals surface area contributed by atoms with Crippen molar-refractivity contribution < 1.29 is 18.3 Å². The largest absolute Gasteiger partial charge is 0.370 e. The van der Waals surface area contributed by atoms with E-state index in [0.29, 0.717) is 25.0 Å². The van der Waals surface area contributed by atoms with E-state index in [1.165, 1.54) is 6.07 Å². The summed E-state index contributed by atoms with van der Waals surface area (Å²) in [7, 11) is 0. The lowest BCUT2D eigenvalue weighted by molar-refractivity contribution is -0.138. The molecule has 2 unspecified atom stereocenters. The van der Waals surface area contributed by atoms with Gasteiger partial charge in [-0.15, -0.1) is 0 Å². The van der Waals surface area contributed by atoms with Gasteiger partial charge < -0.3 is 15.4 Å². The van der Waals surface area contributed by atoms with Crippen molar-refractivity contribution in [2.45, 2.75) is 37.6 Å². The van der Waals surface area contributed by atoms with Crippen LogP contribution in [0.15, 0.2) is 18.2 Å². The van der Waals surface area contributed by atoms with E-state index >= 15 is 0 Å². The third kappa shape index (κ3) is 2.94. The fourth-order valence-corrected chi connectivity index (χ4v) is 4.48.